The lowest BCUT2D eigenvalue weighted by Crippen LogP contribution is -2.52. The van der Waals surface area contributed by atoms with Crippen molar-refractivity contribution in [3.63, 3.8) is 0 Å². The fourth-order valence-electron chi connectivity index (χ4n) is 1.92. The molecule has 0 radical (unpaired) electrons. The second-order valence-electron chi connectivity index (χ2n) is 4.10. The molecule has 1 heterocycles. The van der Waals surface area contributed by atoms with Crippen LogP contribution in [0.25, 0.3) is 0 Å². The average Bonchev–Trinajstić information content (AvgIpc) is 2.32. The zero-order valence-corrected chi connectivity index (χ0v) is 9.50. The zero-order chi connectivity index (χ0) is 12.3. The van der Waals surface area contributed by atoms with Crippen molar-refractivity contribution in [3.05, 3.63) is 29.8 Å². The maximum atomic E-state index is 11.7. The van der Waals surface area contributed by atoms with E-state index in [2.05, 4.69) is 0 Å². The second kappa shape index (κ2) is 5.16. The van der Waals surface area contributed by atoms with Crippen molar-refractivity contribution in [1.82, 2.24) is 4.90 Å². The summed E-state index contributed by atoms with van der Waals surface area (Å²) in [5, 5.41) is 9.38. The Kier molecular flexibility index (Phi) is 3.61. The number of hydrogen-bond donors (Lipinski definition) is 2. The zero-order valence-electron chi connectivity index (χ0n) is 9.50. The third-order valence-corrected chi connectivity index (χ3v) is 2.83. The maximum Gasteiger partial charge on any atom is 0.249 e. The largest absolute Gasteiger partial charge is 0.508 e. The number of nitrogens with zero attached hydrogens (tertiary/aromatic N) is 1. The topological polar surface area (TPSA) is 75.8 Å². The minimum absolute atomic E-state index is 0.0601. The molecule has 2 rings (SSSR count). The Morgan fingerprint density at radius 2 is 2.35 bits per heavy atom. The first-order valence-corrected chi connectivity index (χ1v) is 5.56. The molecule has 0 aromatic heterocycles. The van der Waals surface area contributed by atoms with Crippen molar-refractivity contribution < 1.29 is 14.6 Å². The van der Waals surface area contributed by atoms with Crippen molar-refractivity contribution in [1.29, 1.82) is 0 Å². The molecule has 1 aromatic carbocycles. The number of rotatable bonds is 3. The maximum absolute atomic E-state index is 11.7. The standard InChI is InChI=1S/C12H16N2O3/c13-5-10-7-17-8-12(16)14(10)6-9-2-1-3-11(15)4-9/h1-4,10,15H,5-8,13H2. The number of carbonyl (C=O) groups is 1. The number of carbonyl (C=O) groups excluding carboxylic acids is 1. The van der Waals surface area contributed by atoms with E-state index >= 15 is 0 Å². The molecule has 0 saturated carbocycles. The quantitative estimate of drug-likeness (QED) is 0.779. The van der Waals surface area contributed by atoms with Gasteiger partial charge in [0.15, 0.2) is 0 Å². The molecule has 92 valence electrons. The number of aromatic hydroxyl groups is 1. The van der Waals surface area contributed by atoms with Gasteiger partial charge >= 0.3 is 0 Å². The molecule has 1 aromatic rings. The van der Waals surface area contributed by atoms with Crippen LogP contribution in [0.3, 0.4) is 0 Å². The van der Waals surface area contributed by atoms with Crippen LogP contribution in [0.2, 0.25) is 0 Å². The van der Waals surface area contributed by atoms with E-state index in [1.54, 1.807) is 23.1 Å². The molecule has 1 aliphatic rings. The van der Waals surface area contributed by atoms with Gasteiger partial charge in [0.2, 0.25) is 5.91 Å². The fraction of sp³-hybridized carbons (Fsp3) is 0.417. The van der Waals surface area contributed by atoms with Gasteiger partial charge in [0.25, 0.3) is 0 Å². The van der Waals surface area contributed by atoms with Crippen LogP contribution < -0.4 is 5.73 Å². The molecule has 1 saturated heterocycles. The van der Waals surface area contributed by atoms with Crippen LogP contribution in [0.15, 0.2) is 24.3 Å². The Morgan fingerprint density at radius 3 is 3.06 bits per heavy atom. The lowest BCUT2D eigenvalue weighted by atomic mass is 10.1. The number of nitrogens with two attached hydrogens (primary N) is 1. The SMILES string of the molecule is NCC1COCC(=O)N1Cc1cccc(O)c1. The Morgan fingerprint density at radius 1 is 1.53 bits per heavy atom. The molecular formula is C12H16N2O3. The first-order chi connectivity index (χ1) is 8.20. The van der Waals surface area contributed by atoms with Crippen LogP contribution in [-0.2, 0) is 16.1 Å². The lowest BCUT2D eigenvalue weighted by molar-refractivity contribution is -0.148. The number of hydrogen-bond acceptors (Lipinski definition) is 4. The van der Waals surface area contributed by atoms with Gasteiger partial charge in [0.05, 0.1) is 12.6 Å². The van der Waals surface area contributed by atoms with E-state index in [0.717, 1.165) is 5.56 Å². The summed E-state index contributed by atoms with van der Waals surface area (Å²) in [5.41, 5.74) is 6.50. The van der Waals surface area contributed by atoms with Crippen LogP contribution in [0.1, 0.15) is 5.56 Å². The molecule has 17 heavy (non-hydrogen) atoms. The van der Waals surface area contributed by atoms with Crippen LogP contribution in [0.5, 0.6) is 5.75 Å². The van der Waals surface area contributed by atoms with E-state index in [1.165, 1.54) is 0 Å². The van der Waals surface area contributed by atoms with Gasteiger partial charge in [-0.15, -0.1) is 0 Å². The van der Waals surface area contributed by atoms with Crippen molar-refractivity contribution in [2.75, 3.05) is 19.8 Å². The minimum Gasteiger partial charge on any atom is -0.508 e. The molecule has 0 bridgehead atoms. The molecule has 5 heteroatoms. The van der Waals surface area contributed by atoms with E-state index in [9.17, 15) is 9.90 Å². The van der Waals surface area contributed by atoms with Crippen molar-refractivity contribution >= 4 is 5.91 Å². The van der Waals surface area contributed by atoms with E-state index < -0.39 is 0 Å². The first kappa shape index (κ1) is 11.9. The molecule has 1 atom stereocenters. The molecule has 1 fully saturated rings. The minimum atomic E-state index is -0.0846. The Bertz CT molecular complexity index is 408. The summed E-state index contributed by atoms with van der Waals surface area (Å²) in [6.07, 6.45) is 0. The first-order valence-electron chi connectivity index (χ1n) is 5.56. The van der Waals surface area contributed by atoms with E-state index in [4.69, 9.17) is 10.5 Å². The number of benzene rings is 1. The summed E-state index contributed by atoms with van der Waals surface area (Å²) in [6, 6.07) is 6.79. The predicted octanol–water partition coefficient (Wildman–Crippen LogP) is 0.0783. The highest BCUT2D eigenvalue weighted by atomic mass is 16.5. The Hall–Kier alpha value is -1.59. The highest BCUT2D eigenvalue weighted by Crippen LogP contribution is 2.16. The molecular weight excluding hydrogens is 220 g/mol. The van der Waals surface area contributed by atoms with Gasteiger partial charge in [0, 0.05) is 13.1 Å². The molecule has 1 unspecified atom stereocenters. The van der Waals surface area contributed by atoms with Crippen LogP contribution in [-0.4, -0.2) is 41.7 Å². The smallest absolute Gasteiger partial charge is 0.249 e. The Balaban J connectivity index is 2.12. The number of phenols is 1. The number of morpholine rings is 1. The summed E-state index contributed by atoms with van der Waals surface area (Å²) in [4.78, 5) is 13.4. The van der Waals surface area contributed by atoms with E-state index in [-0.39, 0.29) is 24.3 Å². The lowest BCUT2D eigenvalue weighted by Gasteiger charge is -2.34. The molecule has 3 N–H and O–H groups in total. The van der Waals surface area contributed by atoms with Crippen LogP contribution in [0.4, 0.5) is 0 Å². The monoisotopic (exact) mass is 236 g/mol. The van der Waals surface area contributed by atoms with Crippen molar-refractivity contribution in [2.45, 2.75) is 12.6 Å². The van der Waals surface area contributed by atoms with Gasteiger partial charge in [0.1, 0.15) is 12.4 Å². The number of phenolic OH excluding ortho intramolecular Hbond substituents is 1. The van der Waals surface area contributed by atoms with E-state index in [0.29, 0.717) is 19.7 Å². The number of ether oxygens (including phenoxy) is 1. The van der Waals surface area contributed by atoms with Crippen LogP contribution in [0, 0.1) is 0 Å². The predicted molar refractivity (Wildman–Crippen MR) is 62.3 cm³/mol. The van der Waals surface area contributed by atoms with Crippen molar-refractivity contribution in [3.8, 4) is 5.75 Å². The van der Waals surface area contributed by atoms with Crippen molar-refractivity contribution in [2.24, 2.45) is 5.73 Å². The molecule has 1 amide bonds. The molecule has 5 nitrogen and oxygen atoms in total. The molecule has 0 spiro atoms. The highest BCUT2D eigenvalue weighted by Gasteiger charge is 2.27. The summed E-state index contributed by atoms with van der Waals surface area (Å²) < 4.78 is 5.16. The fourth-order valence-corrected chi connectivity index (χ4v) is 1.92. The van der Waals surface area contributed by atoms with Gasteiger partial charge in [-0.1, -0.05) is 12.1 Å². The van der Waals surface area contributed by atoms with Gasteiger partial charge in [-0.05, 0) is 17.7 Å². The van der Waals surface area contributed by atoms with E-state index in [1.807, 2.05) is 6.07 Å². The summed E-state index contributed by atoms with van der Waals surface area (Å²) in [5.74, 6) is 0.141. The molecule has 0 aliphatic carbocycles. The normalized spacial score (nSPS) is 20.6. The summed E-state index contributed by atoms with van der Waals surface area (Å²) in [7, 11) is 0. The number of amides is 1. The van der Waals surface area contributed by atoms with Gasteiger partial charge in [-0.25, -0.2) is 0 Å². The average molecular weight is 236 g/mol. The van der Waals surface area contributed by atoms with Crippen LogP contribution >= 0.6 is 0 Å². The van der Waals surface area contributed by atoms with Gasteiger partial charge < -0.3 is 20.5 Å². The van der Waals surface area contributed by atoms with Gasteiger partial charge in [-0.3, -0.25) is 4.79 Å². The second-order valence-corrected chi connectivity index (χ2v) is 4.10. The van der Waals surface area contributed by atoms with Gasteiger partial charge in [-0.2, -0.15) is 0 Å². The Labute approximate surface area is 99.8 Å². The third kappa shape index (κ3) is 2.75. The molecule has 1 aliphatic heterocycles. The summed E-state index contributed by atoms with van der Waals surface area (Å²) in [6.45, 7) is 1.42. The third-order valence-electron chi connectivity index (χ3n) is 2.83. The summed E-state index contributed by atoms with van der Waals surface area (Å²) >= 11 is 0. The highest BCUT2D eigenvalue weighted by molar-refractivity contribution is 5.78.